The van der Waals surface area contributed by atoms with Gasteiger partial charge in [-0.05, 0) is 29.8 Å². The summed E-state index contributed by atoms with van der Waals surface area (Å²) in [6.45, 7) is 2.29. The van der Waals surface area contributed by atoms with Gasteiger partial charge in [0.15, 0.2) is 11.5 Å². The first-order chi connectivity index (χ1) is 21.8. The molecular formula is C30H30ClN4NaO10S. The molecule has 3 amide bonds. The number of carboxylic acid groups (broad SMARTS) is 2. The molecule has 5 rings (SSSR count). The summed E-state index contributed by atoms with van der Waals surface area (Å²) in [5, 5.41) is 57.2. The van der Waals surface area contributed by atoms with Gasteiger partial charge >= 0.3 is 29.6 Å². The Kier molecular flexibility index (Phi) is 11.4. The second-order valence-corrected chi connectivity index (χ2v) is 12.9. The number of carboxylic acids is 2. The van der Waals surface area contributed by atoms with Crippen LogP contribution >= 0.6 is 23.4 Å². The number of rotatable bonds is 11. The second kappa shape index (κ2) is 14.7. The van der Waals surface area contributed by atoms with Crippen molar-refractivity contribution in [3.8, 4) is 17.2 Å². The number of hydrogen-bond acceptors (Lipinski definition) is 11. The van der Waals surface area contributed by atoms with Gasteiger partial charge in [0.2, 0.25) is 5.91 Å². The molecule has 3 aliphatic heterocycles. The van der Waals surface area contributed by atoms with Crippen LogP contribution in [0.5, 0.6) is 17.2 Å². The van der Waals surface area contributed by atoms with Gasteiger partial charge in [-0.3, -0.25) is 19.3 Å². The molecule has 3 aliphatic rings. The summed E-state index contributed by atoms with van der Waals surface area (Å²) in [7, 11) is 0. The van der Waals surface area contributed by atoms with Crippen molar-refractivity contribution in [3.63, 3.8) is 0 Å². The molecule has 0 aromatic heterocycles. The SMILES string of the molecule is O=C([O-])C1=C(C[N+]2(CCNC(=O)c3ccc(O)c(O)c3Cl)CCCC2)CS[C@@H]2[C@H](NC(=O)C(C(=O)[O-])c3ccc(O)cc3)C(=O)N12.[Na+]. The number of carbonyl (C=O) groups excluding carboxylic acids is 5. The van der Waals surface area contributed by atoms with E-state index in [1.165, 1.54) is 42.1 Å². The Labute approximate surface area is 300 Å². The van der Waals surface area contributed by atoms with Crippen molar-refractivity contribution in [2.75, 3.05) is 38.5 Å². The minimum atomic E-state index is -1.77. The molecular weight excluding hydrogens is 667 g/mol. The van der Waals surface area contributed by atoms with Gasteiger partial charge in [-0.2, -0.15) is 0 Å². The Morgan fingerprint density at radius 3 is 2.32 bits per heavy atom. The van der Waals surface area contributed by atoms with Crippen LogP contribution in [0.1, 0.15) is 34.7 Å². The van der Waals surface area contributed by atoms with Crippen LogP contribution in [0.25, 0.3) is 0 Å². The summed E-state index contributed by atoms with van der Waals surface area (Å²) in [5.74, 6) is -8.31. The van der Waals surface area contributed by atoms with E-state index in [4.69, 9.17) is 11.6 Å². The van der Waals surface area contributed by atoms with Crippen LogP contribution in [0, 0.1) is 0 Å². The zero-order valence-electron chi connectivity index (χ0n) is 25.2. The van der Waals surface area contributed by atoms with E-state index in [1.54, 1.807) is 0 Å². The van der Waals surface area contributed by atoms with Crippen LogP contribution < -0.4 is 50.4 Å². The molecule has 0 aliphatic carbocycles. The molecule has 5 N–H and O–H groups in total. The van der Waals surface area contributed by atoms with Crippen molar-refractivity contribution in [1.29, 1.82) is 0 Å². The van der Waals surface area contributed by atoms with E-state index in [9.17, 15) is 49.5 Å². The molecule has 2 saturated heterocycles. The number of aromatic hydroxyl groups is 3. The third-order valence-corrected chi connectivity index (χ3v) is 10.2. The van der Waals surface area contributed by atoms with E-state index in [0.29, 0.717) is 29.7 Å². The van der Waals surface area contributed by atoms with Crippen LogP contribution in [0.2, 0.25) is 5.02 Å². The fourth-order valence-electron chi connectivity index (χ4n) is 6.19. The van der Waals surface area contributed by atoms with E-state index in [0.717, 1.165) is 23.8 Å². The van der Waals surface area contributed by atoms with Crippen molar-refractivity contribution < 1.29 is 83.5 Å². The van der Waals surface area contributed by atoms with Gasteiger partial charge in [-0.25, -0.2) is 0 Å². The normalized spacial score (nSPS) is 20.4. The number of benzene rings is 2. The molecule has 17 heteroatoms. The number of quaternary nitrogens is 1. The third kappa shape index (κ3) is 7.34. The number of amides is 3. The molecule has 0 bridgehead atoms. The van der Waals surface area contributed by atoms with E-state index in [2.05, 4.69) is 10.6 Å². The summed E-state index contributed by atoms with van der Waals surface area (Å²) < 4.78 is 0.439. The quantitative estimate of drug-likeness (QED) is 0.0498. The molecule has 47 heavy (non-hydrogen) atoms. The number of phenolic OH excluding ortho intramolecular Hbond substituents is 3. The Morgan fingerprint density at radius 1 is 1.04 bits per heavy atom. The number of carbonyl (C=O) groups is 5. The number of halogens is 1. The first-order valence-electron chi connectivity index (χ1n) is 14.4. The summed E-state index contributed by atoms with van der Waals surface area (Å²) in [6, 6.07) is 6.18. The molecule has 2 aromatic rings. The van der Waals surface area contributed by atoms with Crippen LogP contribution in [-0.4, -0.2) is 104 Å². The van der Waals surface area contributed by atoms with Gasteiger partial charge in [-0.1, -0.05) is 23.7 Å². The molecule has 0 saturated carbocycles. The maximum atomic E-state index is 13.2. The minimum Gasteiger partial charge on any atom is -0.549 e. The van der Waals surface area contributed by atoms with Gasteiger partial charge in [0.05, 0.1) is 54.4 Å². The summed E-state index contributed by atoms with van der Waals surface area (Å²) in [5.41, 5.74) is 0.200. The number of aliphatic carboxylic acids is 2. The van der Waals surface area contributed by atoms with Gasteiger partial charge in [0, 0.05) is 24.2 Å². The molecule has 3 atom stereocenters. The number of β-lactam (4-membered cyclic amide) rings is 1. The molecule has 2 aromatic carbocycles. The van der Waals surface area contributed by atoms with Crippen LogP contribution in [0.4, 0.5) is 0 Å². The average molecular weight is 697 g/mol. The van der Waals surface area contributed by atoms with Crippen molar-refractivity contribution >= 4 is 53.0 Å². The summed E-state index contributed by atoms with van der Waals surface area (Å²) in [4.78, 5) is 64.1. The maximum absolute atomic E-state index is 13.2. The van der Waals surface area contributed by atoms with Crippen LogP contribution in [-0.2, 0) is 19.2 Å². The largest absolute Gasteiger partial charge is 1.00 e. The van der Waals surface area contributed by atoms with Gasteiger partial charge in [-0.15, -0.1) is 11.8 Å². The van der Waals surface area contributed by atoms with E-state index >= 15 is 0 Å². The molecule has 1 unspecified atom stereocenters. The zero-order chi connectivity index (χ0) is 33.3. The molecule has 0 spiro atoms. The zero-order valence-corrected chi connectivity index (χ0v) is 28.8. The fourth-order valence-corrected chi connectivity index (χ4v) is 7.78. The van der Waals surface area contributed by atoms with Gasteiger partial charge in [0.25, 0.3) is 11.8 Å². The Bertz CT molecular complexity index is 1630. The van der Waals surface area contributed by atoms with E-state index in [-0.39, 0.29) is 76.0 Å². The Hall–Kier alpha value is -3.47. The molecule has 14 nitrogen and oxygen atoms in total. The molecule has 0 radical (unpaired) electrons. The molecule has 3 heterocycles. The third-order valence-electron chi connectivity index (χ3n) is 8.52. The first-order valence-corrected chi connectivity index (χ1v) is 15.8. The van der Waals surface area contributed by atoms with Gasteiger partial charge < -0.3 is 50.2 Å². The first kappa shape index (κ1) is 36.4. The minimum absolute atomic E-state index is 0. The number of thioether (sulfide) groups is 1. The number of nitrogens with one attached hydrogen (secondary N) is 2. The van der Waals surface area contributed by atoms with Crippen LogP contribution in [0.3, 0.4) is 0 Å². The Morgan fingerprint density at radius 2 is 1.70 bits per heavy atom. The number of fused-ring (bicyclic) bond motifs is 1. The number of phenols is 3. The number of hydrogen-bond donors (Lipinski definition) is 5. The summed E-state index contributed by atoms with van der Waals surface area (Å²) in [6.07, 6.45) is 1.74. The van der Waals surface area contributed by atoms with Crippen LogP contribution in [0.15, 0.2) is 47.7 Å². The van der Waals surface area contributed by atoms with Crippen molar-refractivity contribution in [1.82, 2.24) is 15.5 Å². The second-order valence-electron chi connectivity index (χ2n) is 11.4. The number of likely N-dealkylation sites (tertiary alicyclic amines) is 1. The predicted molar refractivity (Wildman–Crippen MR) is 159 cm³/mol. The standard InChI is InChI=1S/C30H31ClN4O10S.Na/c31-21-18(7-8-19(37)24(21)38)25(39)32-9-12-35(10-1-2-11-35)13-16-14-46-28-22(27(41)34(28)23(16)30(44)45)33-26(40)20(29(42)43)15-3-5-17(36)6-4-15;/h3-8,20,22,28H,1-2,9-14H2,(H6-,32,33,36,37,38,39,40,42,43,44,45);/q;+1/p-1/t20?,22-,28-;/m1./s1. The average Bonchev–Trinajstić information content (AvgIpc) is 3.47. The van der Waals surface area contributed by atoms with E-state index < -0.39 is 58.5 Å². The maximum Gasteiger partial charge on any atom is 1.00 e. The van der Waals surface area contributed by atoms with Crippen molar-refractivity contribution in [2.24, 2.45) is 0 Å². The van der Waals surface area contributed by atoms with E-state index in [1.807, 2.05) is 0 Å². The van der Waals surface area contributed by atoms with Crippen molar-refractivity contribution in [3.05, 3.63) is 63.8 Å². The monoisotopic (exact) mass is 696 g/mol. The predicted octanol–water partition coefficient (Wildman–Crippen LogP) is -4.26. The van der Waals surface area contributed by atoms with Gasteiger partial charge in [0.1, 0.15) is 29.6 Å². The smallest absolute Gasteiger partial charge is 0.549 e. The fraction of sp³-hybridized carbons (Fsp3) is 0.367. The van der Waals surface area contributed by atoms with Crippen molar-refractivity contribution in [2.45, 2.75) is 30.2 Å². The summed E-state index contributed by atoms with van der Waals surface area (Å²) >= 11 is 7.24. The Balaban J connectivity index is 0.00000500. The molecule has 2 fully saturated rings. The topological polar surface area (TPSA) is 219 Å². The number of nitrogens with zero attached hydrogens (tertiary/aromatic N) is 2. The molecule has 244 valence electrons.